The lowest BCUT2D eigenvalue weighted by molar-refractivity contribution is -0.0580. The van der Waals surface area contributed by atoms with Crippen molar-refractivity contribution in [1.82, 2.24) is 15.7 Å². The fraction of sp³-hybridized carbons (Fsp3) is 0.400. The molecule has 0 saturated carbocycles. The molecule has 2 aliphatic heterocycles. The molecule has 0 radical (unpaired) electrons. The molecule has 0 aliphatic carbocycles. The van der Waals surface area contributed by atoms with Crippen LogP contribution < -0.4 is 15.5 Å². The highest BCUT2D eigenvalue weighted by Gasteiger charge is 2.22. The highest BCUT2D eigenvalue weighted by molar-refractivity contribution is 5.80. The molecular formula is C20H30N4O. The third kappa shape index (κ3) is 4.24. The van der Waals surface area contributed by atoms with Gasteiger partial charge < -0.3 is 20.4 Å². The Bertz CT molecular complexity index is 624. The number of hydroxylamine groups is 2. The molecule has 25 heavy (non-hydrogen) atoms. The average Bonchev–Trinajstić information content (AvgIpc) is 2.98. The maximum absolute atomic E-state index is 5.66. The molecule has 136 valence electrons. The summed E-state index contributed by atoms with van der Waals surface area (Å²) >= 11 is 0. The maximum Gasteiger partial charge on any atom is 0.157 e. The Morgan fingerprint density at radius 2 is 1.76 bits per heavy atom. The van der Waals surface area contributed by atoms with Crippen LogP contribution in [0.5, 0.6) is 0 Å². The van der Waals surface area contributed by atoms with Crippen LogP contribution in [0.2, 0.25) is 0 Å². The summed E-state index contributed by atoms with van der Waals surface area (Å²) in [5.74, 6) is 0.703. The zero-order valence-electron chi connectivity index (χ0n) is 15.7. The Morgan fingerprint density at radius 3 is 2.32 bits per heavy atom. The molecule has 2 heterocycles. The summed E-state index contributed by atoms with van der Waals surface area (Å²) in [6.45, 7) is 19.3. The monoisotopic (exact) mass is 342 g/mol. The summed E-state index contributed by atoms with van der Waals surface area (Å²) < 4.78 is 0. The first kappa shape index (κ1) is 19.1. The van der Waals surface area contributed by atoms with E-state index < -0.39 is 0 Å². The number of nitrogens with one attached hydrogen (secondary N) is 2. The van der Waals surface area contributed by atoms with Crippen molar-refractivity contribution in [2.75, 3.05) is 44.8 Å². The van der Waals surface area contributed by atoms with E-state index in [9.17, 15) is 0 Å². The van der Waals surface area contributed by atoms with E-state index in [0.717, 1.165) is 31.8 Å². The number of rotatable bonds is 4. The van der Waals surface area contributed by atoms with Crippen LogP contribution >= 0.6 is 0 Å². The Hall–Kier alpha value is -2.24. The van der Waals surface area contributed by atoms with Crippen molar-refractivity contribution in [3.63, 3.8) is 0 Å². The molecule has 2 aliphatic rings. The van der Waals surface area contributed by atoms with E-state index in [4.69, 9.17) is 4.84 Å². The lowest BCUT2D eigenvalue weighted by atomic mass is 9.97. The van der Waals surface area contributed by atoms with Gasteiger partial charge in [-0.05, 0) is 49.7 Å². The summed E-state index contributed by atoms with van der Waals surface area (Å²) in [7, 11) is 1.90. The van der Waals surface area contributed by atoms with Gasteiger partial charge in [0, 0.05) is 37.4 Å². The highest BCUT2D eigenvalue weighted by atomic mass is 16.7. The number of hydrogen-bond donors (Lipinski definition) is 2. The largest absolute Gasteiger partial charge is 0.379 e. The molecule has 3 rings (SSSR count). The molecule has 5 heteroatoms. The molecular weight excluding hydrogens is 312 g/mol. The fourth-order valence-electron chi connectivity index (χ4n) is 3.40. The summed E-state index contributed by atoms with van der Waals surface area (Å²) in [5, 5.41) is 8.26. The molecule has 0 amide bonds. The van der Waals surface area contributed by atoms with E-state index >= 15 is 0 Å². The van der Waals surface area contributed by atoms with Gasteiger partial charge in [0.1, 0.15) is 6.67 Å². The number of hydrogen-bond acceptors (Lipinski definition) is 5. The first-order valence-corrected chi connectivity index (χ1v) is 8.67. The predicted octanol–water partition coefficient (Wildman–Crippen LogP) is 2.79. The van der Waals surface area contributed by atoms with E-state index in [-0.39, 0.29) is 0 Å². The molecule has 0 atom stereocenters. The van der Waals surface area contributed by atoms with Crippen molar-refractivity contribution < 1.29 is 4.84 Å². The normalized spacial score (nSPS) is 16.9. The second kappa shape index (κ2) is 8.74. The zero-order chi connectivity index (χ0) is 18.4. The van der Waals surface area contributed by atoms with Crippen molar-refractivity contribution in [1.29, 1.82) is 0 Å². The molecule has 1 fully saturated rings. The molecule has 1 aromatic rings. The second-order valence-corrected chi connectivity index (χ2v) is 6.18. The Morgan fingerprint density at radius 1 is 1.16 bits per heavy atom. The molecule has 0 bridgehead atoms. The molecule has 0 unspecified atom stereocenters. The molecule has 1 saturated heterocycles. The van der Waals surface area contributed by atoms with Crippen LogP contribution in [0.1, 0.15) is 16.7 Å². The quantitative estimate of drug-likeness (QED) is 0.824. The van der Waals surface area contributed by atoms with Gasteiger partial charge in [-0.15, -0.1) is 13.2 Å². The third-order valence-corrected chi connectivity index (χ3v) is 4.35. The fourth-order valence-corrected chi connectivity index (χ4v) is 3.40. The minimum absolute atomic E-state index is 0.638. The van der Waals surface area contributed by atoms with Gasteiger partial charge >= 0.3 is 0 Å². The van der Waals surface area contributed by atoms with Gasteiger partial charge in [0.2, 0.25) is 0 Å². The van der Waals surface area contributed by atoms with E-state index in [0.29, 0.717) is 12.4 Å². The Labute approximate surface area is 151 Å². The van der Waals surface area contributed by atoms with Gasteiger partial charge in [-0.3, -0.25) is 0 Å². The molecule has 2 N–H and O–H groups in total. The van der Waals surface area contributed by atoms with Gasteiger partial charge in [0.25, 0.3) is 0 Å². The van der Waals surface area contributed by atoms with Crippen molar-refractivity contribution >= 4 is 11.3 Å². The summed E-state index contributed by atoms with van der Waals surface area (Å²) in [6, 6.07) is 4.49. The highest BCUT2D eigenvalue weighted by Crippen LogP contribution is 2.34. The lowest BCUT2D eigenvalue weighted by Crippen LogP contribution is -2.44. The van der Waals surface area contributed by atoms with Crippen molar-refractivity contribution in [2.45, 2.75) is 13.8 Å². The first-order valence-electron chi connectivity index (χ1n) is 8.67. The van der Waals surface area contributed by atoms with Gasteiger partial charge in [-0.1, -0.05) is 6.58 Å². The van der Waals surface area contributed by atoms with Gasteiger partial charge in [0.15, 0.2) is 5.76 Å². The van der Waals surface area contributed by atoms with Crippen LogP contribution in [0, 0.1) is 13.8 Å². The lowest BCUT2D eigenvalue weighted by Gasteiger charge is -2.32. The van der Waals surface area contributed by atoms with Crippen LogP contribution in [-0.4, -0.2) is 45.0 Å². The Balaban J connectivity index is 0.00000109. The second-order valence-electron chi connectivity index (χ2n) is 6.18. The average molecular weight is 342 g/mol. The van der Waals surface area contributed by atoms with Crippen LogP contribution in [0.15, 0.2) is 43.8 Å². The van der Waals surface area contributed by atoms with Crippen molar-refractivity contribution in [3.05, 3.63) is 60.5 Å². The summed E-state index contributed by atoms with van der Waals surface area (Å²) in [6.07, 6.45) is 2.01. The maximum atomic E-state index is 5.66. The molecule has 1 aromatic carbocycles. The van der Waals surface area contributed by atoms with Gasteiger partial charge in [-0.2, -0.15) is 0 Å². The number of piperazine rings is 1. The SMILES string of the molecule is C=C.C=C1ON(CNC)C=C1c1cc(C)c(N2CCNCC2)c(C)c1. The predicted molar refractivity (Wildman–Crippen MR) is 106 cm³/mol. The molecule has 0 aromatic heterocycles. The molecule has 0 spiro atoms. The minimum Gasteiger partial charge on any atom is -0.379 e. The number of anilines is 1. The van der Waals surface area contributed by atoms with E-state index in [1.165, 1.54) is 22.4 Å². The number of aryl methyl sites for hydroxylation is 2. The number of allylic oxidation sites excluding steroid dienone is 1. The number of benzene rings is 1. The topological polar surface area (TPSA) is 39.8 Å². The van der Waals surface area contributed by atoms with Crippen molar-refractivity contribution in [2.24, 2.45) is 0 Å². The van der Waals surface area contributed by atoms with Gasteiger partial charge in [-0.25, -0.2) is 5.06 Å². The van der Waals surface area contributed by atoms with E-state index in [2.05, 4.69) is 61.3 Å². The Kier molecular flexibility index (Phi) is 6.67. The molecule has 5 nitrogen and oxygen atoms in total. The first-order chi connectivity index (χ1) is 12.1. The smallest absolute Gasteiger partial charge is 0.157 e. The number of nitrogens with zero attached hydrogens (tertiary/aromatic N) is 2. The van der Waals surface area contributed by atoms with E-state index in [1.807, 2.05) is 13.2 Å². The van der Waals surface area contributed by atoms with Crippen LogP contribution in [0.3, 0.4) is 0 Å². The van der Waals surface area contributed by atoms with Crippen LogP contribution in [0.25, 0.3) is 5.57 Å². The van der Waals surface area contributed by atoms with Gasteiger partial charge in [0.05, 0.1) is 6.20 Å². The van der Waals surface area contributed by atoms with Crippen LogP contribution in [-0.2, 0) is 4.84 Å². The summed E-state index contributed by atoms with van der Waals surface area (Å²) in [5.41, 5.74) is 6.21. The zero-order valence-corrected chi connectivity index (χ0v) is 15.7. The van der Waals surface area contributed by atoms with Crippen LogP contribution in [0.4, 0.5) is 5.69 Å². The van der Waals surface area contributed by atoms with Crippen molar-refractivity contribution in [3.8, 4) is 0 Å². The third-order valence-electron chi connectivity index (χ3n) is 4.35. The summed E-state index contributed by atoms with van der Waals surface area (Å²) in [4.78, 5) is 8.14. The standard InChI is InChI=1S/C18H26N4O.C2H4/c1-13-9-16(17-11-22(12-19-4)23-15(17)3)10-14(2)18(13)21-7-5-20-6-8-21;1-2/h9-11,19-20H,3,5-8,12H2,1-2,4H3;1-2H2. The minimum atomic E-state index is 0.638. The van der Waals surface area contributed by atoms with E-state index in [1.54, 1.807) is 5.06 Å².